The van der Waals surface area contributed by atoms with Crippen LogP contribution >= 0.6 is 23.5 Å². The van der Waals surface area contributed by atoms with E-state index in [1.54, 1.807) is 37.4 Å². The van der Waals surface area contributed by atoms with Gasteiger partial charge in [0.25, 0.3) is 5.91 Å². The lowest BCUT2D eigenvalue weighted by atomic mass is 10.0. The minimum atomic E-state index is -1.67. The van der Waals surface area contributed by atoms with Gasteiger partial charge < -0.3 is 20.7 Å². The third-order valence-corrected chi connectivity index (χ3v) is 7.68. The zero-order chi connectivity index (χ0) is 23.0. The van der Waals surface area contributed by atoms with Crippen LogP contribution < -0.4 is 5.32 Å². The van der Waals surface area contributed by atoms with Gasteiger partial charge >= 0.3 is 11.9 Å². The molecule has 2 aromatic rings. The average molecular weight is 479 g/mol. The molecule has 0 aliphatic carbocycles. The van der Waals surface area contributed by atoms with E-state index in [0.717, 1.165) is 23.5 Å². The standard InChI is InChI=1S/C18H18N6O6S2/c1-23-18(20-21-22-23)32-8-10-7-31-16-11(15(27)24(16,30)12(10)17(28)29)19-14(26)13(25)9-5-3-2-4-6-9/h2-6,11,13,16,25H,7-8H2,1H3,(H,19,26)(H,28,29)/t11-,13-,16-,24?/m1/s1. The van der Waals surface area contributed by atoms with Crippen LogP contribution in [0.25, 0.3) is 0 Å². The molecule has 2 amide bonds. The van der Waals surface area contributed by atoms with Gasteiger partial charge in [-0.3, -0.25) is 4.79 Å². The minimum Gasteiger partial charge on any atom is -0.619 e. The van der Waals surface area contributed by atoms with Crippen molar-refractivity contribution in [3.8, 4) is 0 Å². The van der Waals surface area contributed by atoms with Crippen LogP contribution in [0, 0.1) is 5.21 Å². The Balaban J connectivity index is 1.52. The normalized spacial score (nSPS) is 25.7. The Morgan fingerprint density at radius 3 is 2.75 bits per heavy atom. The number of nitrogens with zero attached hydrogens (tertiary/aromatic N) is 5. The molecule has 3 heterocycles. The molecule has 2 aliphatic rings. The van der Waals surface area contributed by atoms with Gasteiger partial charge in [-0.25, -0.2) is 18.9 Å². The van der Waals surface area contributed by atoms with Gasteiger partial charge in [0.1, 0.15) is 0 Å². The number of aliphatic carboxylic acids is 1. The number of amides is 2. The summed E-state index contributed by atoms with van der Waals surface area (Å²) in [5.41, 5.74) is 0.0827. The molecular formula is C18H18N6O6S2. The molecule has 1 aromatic carbocycles. The zero-order valence-corrected chi connectivity index (χ0v) is 18.2. The summed E-state index contributed by atoms with van der Waals surface area (Å²) < 4.78 is -0.260. The van der Waals surface area contributed by atoms with E-state index in [9.17, 15) is 29.8 Å². The molecule has 4 atom stereocenters. The molecule has 32 heavy (non-hydrogen) atoms. The molecule has 0 bridgehead atoms. The highest BCUT2D eigenvalue weighted by atomic mass is 32.2. The number of thioether (sulfide) groups is 2. The number of aryl methyl sites for hydroxylation is 1. The molecule has 1 aromatic heterocycles. The number of aliphatic hydroxyl groups excluding tert-OH is 1. The lowest BCUT2D eigenvalue weighted by Gasteiger charge is -2.57. The molecule has 14 heteroatoms. The SMILES string of the molecule is Cn1nnnc1SCC1=C(C(=O)O)[N+]2([O-])C(=O)[C@@H](NC(=O)[C@H](O)c3ccccc3)[C@H]2SC1. The zero-order valence-electron chi connectivity index (χ0n) is 16.6. The highest BCUT2D eigenvalue weighted by Gasteiger charge is 2.65. The Bertz CT molecular complexity index is 1110. The van der Waals surface area contributed by atoms with Crippen LogP contribution in [0.4, 0.5) is 0 Å². The second-order valence-corrected chi connectivity index (χ2v) is 9.18. The summed E-state index contributed by atoms with van der Waals surface area (Å²) in [5, 5.41) is 46.1. The van der Waals surface area contributed by atoms with E-state index in [1.165, 1.54) is 4.68 Å². The van der Waals surface area contributed by atoms with Crippen molar-refractivity contribution in [2.45, 2.75) is 22.7 Å². The molecule has 0 saturated carbocycles. The van der Waals surface area contributed by atoms with Crippen molar-refractivity contribution in [3.63, 3.8) is 0 Å². The second kappa shape index (κ2) is 8.63. The van der Waals surface area contributed by atoms with Crippen molar-refractivity contribution in [1.29, 1.82) is 0 Å². The fourth-order valence-corrected chi connectivity index (χ4v) is 5.96. The van der Waals surface area contributed by atoms with Crippen molar-refractivity contribution in [1.82, 2.24) is 25.5 Å². The summed E-state index contributed by atoms with van der Waals surface area (Å²) in [7, 11) is 1.62. The Morgan fingerprint density at radius 2 is 2.12 bits per heavy atom. The molecule has 1 saturated heterocycles. The van der Waals surface area contributed by atoms with Crippen molar-refractivity contribution < 1.29 is 29.2 Å². The van der Waals surface area contributed by atoms with Gasteiger partial charge in [0.05, 0.1) is 0 Å². The second-order valence-electron chi connectivity index (χ2n) is 7.13. The van der Waals surface area contributed by atoms with Crippen LogP contribution in [0.3, 0.4) is 0 Å². The monoisotopic (exact) mass is 478 g/mol. The number of carboxylic acid groups (broad SMARTS) is 1. The minimum absolute atomic E-state index is 0.120. The van der Waals surface area contributed by atoms with Gasteiger partial charge in [0.2, 0.25) is 16.9 Å². The van der Waals surface area contributed by atoms with Crippen molar-refractivity contribution >= 4 is 41.3 Å². The summed E-state index contributed by atoms with van der Waals surface area (Å²) >= 11 is 2.24. The quantitative estimate of drug-likeness (QED) is 0.208. The number of fused-ring (bicyclic) bond motifs is 1. The van der Waals surface area contributed by atoms with Crippen LogP contribution in [0.2, 0.25) is 0 Å². The van der Waals surface area contributed by atoms with Crippen molar-refractivity contribution in [3.05, 3.63) is 52.4 Å². The first kappa shape index (κ1) is 22.4. The molecule has 1 fully saturated rings. The maximum Gasteiger partial charge on any atom is 0.391 e. The van der Waals surface area contributed by atoms with Crippen molar-refractivity contribution in [2.75, 3.05) is 11.5 Å². The number of quaternary nitrogens is 1. The number of nitrogens with one attached hydrogen (secondary N) is 1. The topological polar surface area (TPSA) is 170 Å². The first-order valence-corrected chi connectivity index (χ1v) is 11.4. The van der Waals surface area contributed by atoms with Gasteiger partial charge in [-0.05, 0) is 16.0 Å². The predicted molar refractivity (Wildman–Crippen MR) is 112 cm³/mol. The highest BCUT2D eigenvalue weighted by Crippen LogP contribution is 2.47. The molecule has 3 N–H and O–H groups in total. The van der Waals surface area contributed by atoms with Crippen LogP contribution in [-0.2, 0) is 21.4 Å². The number of aromatic nitrogens is 4. The Kier molecular flexibility index (Phi) is 6.05. The first-order chi connectivity index (χ1) is 15.2. The maximum atomic E-state index is 13.4. The molecule has 4 rings (SSSR count). The van der Waals surface area contributed by atoms with Gasteiger partial charge in [0.15, 0.2) is 11.5 Å². The lowest BCUT2D eigenvalue weighted by molar-refractivity contribution is -0.805. The number of rotatable bonds is 7. The fraction of sp³-hybridized carbons (Fsp3) is 0.333. The van der Waals surface area contributed by atoms with Crippen LogP contribution in [-0.4, -0.2) is 75.8 Å². The van der Waals surface area contributed by atoms with Gasteiger partial charge in [-0.15, -0.1) is 5.10 Å². The Hall–Kier alpha value is -2.78. The Labute approximate surface area is 189 Å². The van der Waals surface area contributed by atoms with E-state index in [0.29, 0.717) is 16.3 Å². The largest absolute Gasteiger partial charge is 0.619 e. The van der Waals surface area contributed by atoms with E-state index in [4.69, 9.17) is 0 Å². The van der Waals surface area contributed by atoms with E-state index >= 15 is 0 Å². The number of hydrogen-bond acceptors (Lipinski definition) is 10. The number of tetrazole rings is 1. The lowest BCUT2D eigenvalue weighted by Crippen LogP contribution is -2.79. The predicted octanol–water partition coefficient (Wildman–Crippen LogP) is -0.213. The number of carboxylic acids is 1. The number of hydrogen-bond donors (Lipinski definition) is 3. The van der Waals surface area contributed by atoms with E-state index in [-0.39, 0.29) is 11.5 Å². The van der Waals surface area contributed by atoms with Gasteiger partial charge in [-0.2, -0.15) is 0 Å². The summed E-state index contributed by atoms with van der Waals surface area (Å²) in [6, 6.07) is 6.93. The smallest absolute Gasteiger partial charge is 0.391 e. The number of carbonyl (C=O) groups is 3. The van der Waals surface area contributed by atoms with E-state index in [1.807, 2.05) is 0 Å². The summed E-state index contributed by atoms with van der Waals surface area (Å²) in [5.74, 6) is -3.00. The molecule has 168 valence electrons. The van der Waals surface area contributed by atoms with Crippen LogP contribution in [0.1, 0.15) is 11.7 Å². The number of hydroxylamine groups is 3. The Morgan fingerprint density at radius 1 is 1.41 bits per heavy atom. The number of benzene rings is 1. The highest BCUT2D eigenvalue weighted by molar-refractivity contribution is 8.00. The third-order valence-electron chi connectivity index (χ3n) is 5.15. The number of aliphatic hydroxyl groups is 1. The molecule has 0 spiro atoms. The van der Waals surface area contributed by atoms with Gasteiger partial charge in [-0.1, -0.05) is 53.9 Å². The van der Waals surface area contributed by atoms with Crippen LogP contribution in [0.15, 0.2) is 46.8 Å². The summed E-state index contributed by atoms with van der Waals surface area (Å²) in [4.78, 5) is 37.1. The first-order valence-electron chi connectivity index (χ1n) is 9.35. The fourth-order valence-electron chi connectivity index (χ4n) is 3.56. The third kappa shape index (κ3) is 3.69. The number of carbonyl (C=O) groups excluding carboxylic acids is 2. The maximum absolute atomic E-state index is 13.4. The van der Waals surface area contributed by atoms with E-state index in [2.05, 4.69) is 20.8 Å². The molecule has 12 nitrogen and oxygen atoms in total. The van der Waals surface area contributed by atoms with Crippen LogP contribution in [0.5, 0.6) is 0 Å². The molecule has 1 unspecified atom stereocenters. The average Bonchev–Trinajstić information content (AvgIpc) is 3.20. The number of β-lactam (4-membered cyclic amide) rings is 1. The molecule has 2 aliphatic heterocycles. The summed E-state index contributed by atoms with van der Waals surface area (Å²) in [6.07, 6.45) is -1.52. The van der Waals surface area contributed by atoms with Gasteiger partial charge in [0, 0.05) is 24.1 Å². The summed E-state index contributed by atoms with van der Waals surface area (Å²) in [6.45, 7) is 0. The molecular weight excluding hydrogens is 460 g/mol. The molecule has 0 radical (unpaired) electrons. The van der Waals surface area contributed by atoms with Crippen molar-refractivity contribution in [2.24, 2.45) is 7.05 Å². The van der Waals surface area contributed by atoms with E-state index < -0.39 is 45.6 Å².